The molecule has 2 aromatic rings. The molecule has 0 saturated heterocycles. The number of carbonyl (C=O) groups is 1. The second-order valence-corrected chi connectivity index (χ2v) is 6.60. The summed E-state index contributed by atoms with van der Waals surface area (Å²) in [4.78, 5) is 12.4. The number of aliphatic hydroxyl groups excluding tert-OH is 1. The molecule has 0 spiro atoms. The summed E-state index contributed by atoms with van der Waals surface area (Å²) in [7, 11) is 0. The van der Waals surface area contributed by atoms with E-state index in [1.807, 2.05) is 0 Å². The summed E-state index contributed by atoms with van der Waals surface area (Å²) in [5, 5.41) is 10.2. The van der Waals surface area contributed by atoms with E-state index in [9.17, 15) is 9.90 Å². The van der Waals surface area contributed by atoms with Gasteiger partial charge in [-0.25, -0.2) is 4.79 Å². The fraction of sp³-hybridized carbons (Fsp3) is 0.316. The van der Waals surface area contributed by atoms with E-state index in [0.29, 0.717) is 21.5 Å². The third kappa shape index (κ3) is 6.09. The summed E-state index contributed by atoms with van der Waals surface area (Å²) in [6.45, 7) is 3.52. The van der Waals surface area contributed by atoms with E-state index in [4.69, 9.17) is 37.4 Å². The van der Waals surface area contributed by atoms with Gasteiger partial charge in [0.2, 0.25) is 0 Å². The lowest BCUT2D eigenvalue weighted by Crippen LogP contribution is -2.23. The summed E-state index contributed by atoms with van der Waals surface area (Å²) in [6.07, 6.45) is -1.16. The van der Waals surface area contributed by atoms with Crippen LogP contribution in [0.2, 0.25) is 10.0 Å². The maximum atomic E-state index is 12.4. The van der Waals surface area contributed by atoms with Gasteiger partial charge in [0.1, 0.15) is 36.4 Å². The molecule has 0 aromatic heterocycles. The first-order chi connectivity index (χ1) is 12.4. The lowest BCUT2D eigenvalue weighted by molar-refractivity contribution is 0.0222. The van der Waals surface area contributed by atoms with Crippen LogP contribution >= 0.6 is 23.2 Å². The normalized spacial score (nSPS) is 13.0. The molecule has 0 saturated carbocycles. The van der Waals surface area contributed by atoms with Crippen LogP contribution in [0.5, 0.6) is 11.5 Å². The molecule has 140 valence electrons. The molecule has 0 aliphatic rings. The van der Waals surface area contributed by atoms with Crippen LogP contribution in [0.1, 0.15) is 24.2 Å². The van der Waals surface area contributed by atoms with Crippen molar-refractivity contribution in [3.05, 3.63) is 58.1 Å². The number of aliphatic hydroxyl groups is 1. The molecule has 0 fully saturated rings. The topological polar surface area (TPSA) is 65.0 Å². The number of ether oxygens (including phenoxy) is 3. The molecule has 2 rings (SSSR count). The van der Waals surface area contributed by atoms with Gasteiger partial charge in [-0.15, -0.1) is 0 Å². The largest absolute Gasteiger partial charge is 0.490 e. The van der Waals surface area contributed by atoms with Gasteiger partial charge in [0.05, 0.1) is 11.1 Å². The molecule has 2 aromatic carbocycles. The third-order valence-corrected chi connectivity index (χ3v) is 3.79. The Kier molecular flexibility index (Phi) is 7.57. The van der Waals surface area contributed by atoms with Gasteiger partial charge in [0.15, 0.2) is 0 Å². The Labute approximate surface area is 162 Å². The summed E-state index contributed by atoms with van der Waals surface area (Å²) < 4.78 is 16.4. The van der Waals surface area contributed by atoms with E-state index in [2.05, 4.69) is 0 Å². The number of halogens is 2. The minimum atomic E-state index is -0.643. The van der Waals surface area contributed by atoms with Crippen LogP contribution in [0.3, 0.4) is 0 Å². The summed E-state index contributed by atoms with van der Waals surface area (Å²) in [5.74, 6) is 0.274. The predicted octanol–water partition coefficient (Wildman–Crippen LogP) is 4.38. The minimum Gasteiger partial charge on any atom is -0.490 e. The van der Waals surface area contributed by atoms with Crippen molar-refractivity contribution in [2.75, 3.05) is 13.2 Å². The molecule has 0 radical (unpaired) electrons. The fourth-order valence-corrected chi connectivity index (χ4v) is 2.51. The Bertz CT molecular complexity index is 748. The van der Waals surface area contributed by atoms with Crippen molar-refractivity contribution >= 4 is 29.2 Å². The van der Waals surface area contributed by atoms with Crippen LogP contribution < -0.4 is 9.47 Å². The van der Waals surface area contributed by atoms with Crippen LogP contribution in [0.25, 0.3) is 0 Å². The van der Waals surface area contributed by atoms with Crippen LogP contribution in [0.15, 0.2) is 42.5 Å². The van der Waals surface area contributed by atoms with Gasteiger partial charge >= 0.3 is 5.97 Å². The number of carbonyl (C=O) groups excluding carboxylic acids is 1. The van der Waals surface area contributed by atoms with Crippen molar-refractivity contribution in [1.82, 2.24) is 0 Å². The molecule has 0 aliphatic heterocycles. The maximum Gasteiger partial charge on any atom is 0.342 e. The number of para-hydroxylation sites is 1. The van der Waals surface area contributed by atoms with Crippen LogP contribution in [0, 0.1) is 0 Å². The van der Waals surface area contributed by atoms with Crippen LogP contribution in [-0.2, 0) is 4.74 Å². The second kappa shape index (κ2) is 9.67. The number of rotatable bonds is 8. The van der Waals surface area contributed by atoms with Crippen molar-refractivity contribution in [2.24, 2.45) is 0 Å². The fourth-order valence-electron chi connectivity index (χ4n) is 2.05. The highest BCUT2D eigenvalue weighted by Gasteiger charge is 2.18. The molecule has 7 heteroatoms. The highest BCUT2D eigenvalue weighted by molar-refractivity contribution is 6.35. The Morgan fingerprint density at radius 1 is 1.04 bits per heavy atom. The molecule has 0 amide bonds. The van der Waals surface area contributed by atoms with Crippen molar-refractivity contribution in [2.45, 2.75) is 26.1 Å². The van der Waals surface area contributed by atoms with E-state index in [-0.39, 0.29) is 18.8 Å². The molecule has 0 bridgehead atoms. The molecule has 5 nitrogen and oxygen atoms in total. The number of esters is 1. The van der Waals surface area contributed by atoms with Crippen LogP contribution in [0.4, 0.5) is 0 Å². The monoisotopic (exact) mass is 398 g/mol. The van der Waals surface area contributed by atoms with Crippen molar-refractivity contribution < 1.29 is 24.1 Å². The lowest BCUT2D eigenvalue weighted by atomic mass is 10.2. The Morgan fingerprint density at radius 2 is 1.73 bits per heavy atom. The second-order valence-electron chi connectivity index (χ2n) is 5.76. The minimum absolute atomic E-state index is 0.0814. The molecule has 2 unspecified atom stereocenters. The Balaban J connectivity index is 1.94. The van der Waals surface area contributed by atoms with Crippen molar-refractivity contribution in [3.63, 3.8) is 0 Å². The molecule has 26 heavy (non-hydrogen) atoms. The summed E-state index contributed by atoms with van der Waals surface area (Å²) >= 11 is 11.9. The SMILES string of the molecule is CC(O)COc1ccccc1C(=O)OC(C)COc1ccc(Cl)cc1Cl. The molecular weight excluding hydrogens is 379 g/mol. The zero-order chi connectivity index (χ0) is 19.1. The van der Waals surface area contributed by atoms with Gasteiger partial charge < -0.3 is 19.3 Å². The summed E-state index contributed by atoms with van der Waals surface area (Å²) in [5.41, 5.74) is 0.282. The molecule has 1 N–H and O–H groups in total. The van der Waals surface area contributed by atoms with E-state index in [0.717, 1.165) is 0 Å². The Morgan fingerprint density at radius 3 is 2.42 bits per heavy atom. The van der Waals surface area contributed by atoms with Crippen molar-refractivity contribution in [3.8, 4) is 11.5 Å². The zero-order valence-corrected chi connectivity index (χ0v) is 16.0. The van der Waals surface area contributed by atoms with Gasteiger partial charge in [-0.3, -0.25) is 0 Å². The smallest absolute Gasteiger partial charge is 0.342 e. The van der Waals surface area contributed by atoms with Crippen molar-refractivity contribution in [1.29, 1.82) is 0 Å². The lowest BCUT2D eigenvalue weighted by Gasteiger charge is -2.17. The van der Waals surface area contributed by atoms with E-state index < -0.39 is 18.2 Å². The standard InChI is InChI=1S/C19H20Cl2O5/c1-12(22)10-24-17-6-4-3-5-15(17)19(23)26-13(2)11-25-18-8-7-14(20)9-16(18)21/h3-9,12-13,22H,10-11H2,1-2H3. The quantitative estimate of drug-likeness (QED) is 0.668. The van der Waals surface area contributed by atoms with E-state index in [1.165, 1.54) is 0 Å². The average Bonchev–Trinajstić information content (AvgIpc) is 2.59. The first-order valence-electron chi connectivity index (χ1n) is 8.05. The average molecular weight is 399 g/mol. The van der Waals surface area contributed by atoms with Crippen LogP contribution in [-0.4, -0.2) is 36.5 Å². The highest BCUT2D eigenvalue weighted by atomic mass is 35.5. The Hall–Kier alpha value is -1.95. The number of hydrogen-bond acceptors (Lipinski definition) is 5. The first-order valence-corrected chi connectivity index (χ1v) is 8.81. The molecule has 0 aliphatic carbocycles. The zero-order valence-electron chi connectivity index (χ0n) is 14.4. The molecule has 0 heterocycles. The van der Waals surface area contributed by atoms with E-state index in [1.54, 1.807) is 56.3 Å². The molecule has 2 atom stereocenters. The summed E-state index contributed by atoms with van der Waals surface area (Å²) in [6, 6.07) is 11.6. The third-order valence-electron chi connectivity index (χ3n) is 3.26. The highest BCUT2D eigenvalue weighted by Crippen LogP contribution is 2.27. The van der Waals surface area contributed by atoms with Gasteiger partial charge in [-0.1, -0.05) is 35.3 Å². The predicted molar refractivity (Wildman–Crippen MR) is 100 cm³/mol. The molecular formula is C19H20Cl2O5. The van der Waals surface area contributed by atoms with Gasteiger partial charge in [-0.05, 0) is 44.2 Å². The van der Waals surface area contributed by atoms with Gasteiger partial charge in [-0.2, -0.15) is 0 Å². The van der Waals surface area contributed by atoms with E-state index >= 15 is 0 Å². The maximum absolute atomic E-state index is 12.4. The first kappa shape index (κ1) is 20.4. The van der Waals surface area contributed by atoms with Gasteiger partial charge in [0, 0.05) is 5.02 Å². The number of benzene rings is 2. The number of hydrogen-bond donors (Lipinski definition) is 1. The van der Waals surface area contributed by atoms with Gasteiger partial charge in [0.25, 0.3) is 0 Å².